The molecule has 0 aromatic carbocycles. The molecule has 92 valence electrons. The molecule has 0 amide bonds. The van der Waals surface area contributed by atoms with Gasteiger partial charge in [0.05, 0.1) is 0 Å². The Hall–Kier alpha value is -0.0800. The third-order valence-corrected chi connectivity index (χ3v) is 3.11. The maximum Gasteiger partial charge on any atom is 0.00440 e. The summed E-state index contributed by atoms with van der Waals surface area (Å²) in [6.07, 6.45) is 5.30. The van der Waals surface area contributed by atoms with E-state index in [1.54, 1.807) is 0 Å². The van der Waals surface area contributed by atoms with Crippen molar-refractivity contribution in [3.63, 3.8) is 0 Å². The highest BCUT2D eigenvalue weighted by Gasteiger charge is 2.28. The summed E-state index contributed by atoms with van der Waals surface area (Å²) in [4.78, 5) is 4.67. The standard InChI is InChI=1S/C13H30N2/c1-7-9-10-13(8-2,11-14(3)4)12-15(5)6/h7-12H2,1-6H3. The van der Waals surface area contributed by atoms with Crippen LogP contribution in [0.1, 0.15) is 39.5 Å². The molecule has 15 heavy (non-hydrogen) atoms. The summed E-state index contributed by atoms with van der Waals surface area (Å²) in [7, 11) is 8.75. The van der Waals surface area contributed by atoms with Crippen LogP contribution < -0.4 is 0 Å². The van der Waals surface area contributed by atoms with Crippen molar-refractivity contribution in [3.05, 3.63) is 0 Å². The maximum atomic E-state index is 2.34. The first kappa shape index (κ1) is 14.9. The second-order valence-electron chi connectivity index (χ2n) is 5.43. The van der Waals surface area contributed by atoms with E-state index in [0.29, 0.717) is 5.41 Å². The molecule has 2 nitrogen and oxygen atoms in total. The second-order valence-corrected chi connectivity index (χ2v) is 5.43. The lowest BCUT2D eigenvalue weighted by atomic mass is 9.79. The highest BCUT2D eigenvalue weighted by Crippen LogP contribution is 2.30. The van der Waals surface area contributed by atoms with Gasteiger partial charge in [-0.25, -0.2) is 0 Å². The molecule has 0 N–H and O–H groups in total. The van der Waals surface area contributed by atoms with Gasteiger partial charge in [0.2, 0.25) is 0 Å². The molecule has 0 aliphatic heterocycles. The molecular formula is C13H30N2. The average molecular weight is 214 g/mol. The second kappa shape index (κ2) is 7.24. The zero-order valence-corrected chi connectivity index (χ0v) is 11.6. The monoisotopic (exact) mass is 214 g/mol. The first-order chi connectivity index (χ1) is 6.95. The summed E-state index contributed by atoms with van der Waals surface area (Å²) in [5, 5.41) is 0. The van der Waals surface area contributed by atoms with Crippen molar-refractivity contribution < 1.29 is 0 Å². The van der Waals surface area contributed by atoms with E-state index in [0.717, 1.165) is 0 Å². The Morgan fingerprint density at radius 1 is 0.867 bits per heavy atom. The Kier molecular flexibility index (Phi) is 7.20. The Labute approximate surface area is 96.6 Å². The number of hydrogen-bond acceptors (Lipinski definition) is 2. The molecule has 0 spiro atoms. The zero-order valence-electron chi connectivity index (χ0n) is 11.6. The smallest absolute Gasteiger partial charge is 0.00440 e. The summed E-state index contributed by atoms with van der Waals surface area (Å²) in [6.45, 7) is 7.04. The van der Waals surface area contributed by atoms with E-state index in [4.69, 9.17) is 0 Å². The van der Waals surface area contributed by atoms with E-state index >= 15 is 0 Å². The van der Waals surface area contributed by atoms with Crippen LogP contribution in [0.3, 0.4) is 0 Å². The maximum absolute atomic E-state index is 2.34. The van der Waals surface area contributed by atoms with Crippen LogP contribution in [0.4, 0.5) is 0 Å². The predicted octanol–water partition coefficient (Wildman–Crippen LogP) is 2.70. The van der Waals surface area contributed by atoms with Gasteiger partial charge >= 0.3 is 0 Å². The minimum atomic E-state index is 0.489. The summed E-state index contributed by atoms with van der Waals surface area (Å²) in [5.74, 6) is 0. The van der Waals surface area contributed by atoms with Gasteiger partial charge in [-0.05, 0) is 46.4 Å². The molecule has 0 saturated carbocycles. The summed E-state index contributed by atoms with van der Waals surface area (Å²) in [6, 6.07) is 0. The van der Waals surface area contributed by atoms with Crippen LogP contribution >= 0.6 is 0 Å². The topological polar surface area (TPSA) is 6.48 Å². The Bertz CT molecular complexity index is 143. The fraction of sp³-hybridized carbons (Fsp3) is 1.00. The van der Waals surface area contributed by atoms with Gasteiger partial charge in [-0.15, -0.1) is 0 Å². The van der Waals surface area contributed by atoms with Gasteiger partial charge in [-0.3, -0.25) is 0 Å². The number of rotatable bonds is 8. The molecule has 0 saturated heterocycles. The lowest BCUT2D eigenvalue weighted by Crippen LogP contribution is -2.41. The van der Waals surface area contributed by atoms with Gasteiger partial charge in [-0.1, -0.05) is 26.7 Å². The van der Waals surface area contributed by atoms with E-state index in [9.17, 15) is 0 Å². The van der Waals surface area contributed by atoms with E-state index in [1.807, 2.05) is 0 Å². The van der Waals surface area contributed by atoms with Gasteiger partial charge in [0, 0.05) is 13.1 Å². The van der Waals surface area contributed by atoms with Crippen LogP contribution in [0.15, 0.2) is 0 Å². The van der Waals surface area contributed by atoms with E-state index in [-0.39, 0.29) is 0 Å². The highest BCUT2D eigenvalue weighted by atomic mass is 15.1. The van der Waals surface area contributed by atoms with Crippen molar-refractivity contribution in [1.82, 2.24) is 9.80 Å². The molecule has 0 rings (SSSR count). The predicted molar refractivity (Wildman–Crippen MR) is 69.4 cm³/mol. The van der Waals surface area contributed by atoms with Crippen molar-refractivity contribution in [2.75, 3.05) is 41.3 Å². The minimum Gasteiger partial charge on any atom is -0.309 e. The van der Waals surface area contributed by atoms with Crippen molar-refractivity contribution in [1.29, 1.82) is 0 Å². The normalized spacial score (nSPS) is 12.8. The quantitative estimate of drug-likeness (QED) is 0.613. The summed E-state index contributed by atoms with van der Waals surface area (Å²) in [5.41, 5.74) is 0.489. The number of nitrogens with zero attached hydrogens (tertiary/aromatic N) is 2. The van der Waals surface area contributed by atoms with Crippen LogP contribution in [0.25, 0.3) is 0 Å². The van der Waals surface area contributed by atoms with Gasteiger partial charge in [-0.2, -0.15) is 0 Å². The third-order valence-electron chi connectivity index (χ3n) is 3.11. The molecule has 0 unspecified atom stereocenters. The lowest BCUT2D eigenvalue weighted by molar-refractivity contribution is 0.123. The fourth-order valence-corrected chi connectivity index (χ4v) is 2.50. The van der Waals surface area contributed by atoms with Crippen LogP contribution in [0.5, 0.6) is 0 Å². The van der Waals surface area contributed by atoms with Crippen molar-refractivity contribution in [2.24, 2.45) is 5.41 Å². The number of hydrogen-bond donors (Lipinski definition) is 0. The van der Waals surface area contributed by atoms with Crippen LogP contribution in [0, 0.1) is 5.41 Å². The van der Waals surface area contributed by atoms with Gasteiger partial charge in [0.1, 0.15) is 0 Å². The van der Waals surface area contributed by atoms with Crippen molar-refractivity contribution in [3.8, 4) is 0 Å². The fourth-order valence-electron chi connectivity index (χ4n) is 2.50. The molecule has 0 atom stereocenters. The molecule has 0 aromatic heterocycles. The van der Waals surface area contributed by atoms with Crippen LogP contribution in [0.2, 0.25) is 0 Å². The van der Waals surface area contributed by atoms with E-state index in [1.165, 1.54) is 38.8 Å². The third kappa shape index (κ3) is 6.16. The molecular weight excluding hydrogens is 184 g/mol. The van der Waals surface area contributed by atoms with Crippen LogP contribution in [-0.4, -0.2) is 51.1 Å². The molecule has 0 aromatic rings. The summed E-state index contributed by atoms with van der Waals surface area (Å²) < 4.78 is 0. The van der Waals surface area contributed by atoms with Crippen LogP contribution in [-0.2, 0) is 0 Å². The molecule has 0 bridgehead atoms. The van der Waals surface area contributed by atoms with Gasteiger partial charge in [0.15, 0.2) is 0 Å². The van der Waals surface area contributed by atoms with Gasteiger partial charge in [0.25, 0.3) is 0 Å². The summed E-state index contributed by atoms with van der Waals surface area (Å²) >= 11 is 0. The zero-order chi connectivity index (χ0) is 11.9. The van der Waals surface area contributed by atoms with E-state index < -0.39 is 0 Å². The largest absolute Gasteiger partial charge is 0.309 e. The Morgan fingerprint density at radius 3 is 1.60 bits per heavy atom. The first-order valence-corrected chi connectivity index (χ1v) is 6.25. The molecule has 0 heterocycles. The molecule has 0 fully saturated rings. The molecule has 2 heteroatoms. The SMILES string of the molecule is CCCCC(CC)(CN(C)C)CN(C)C. The first-order valence-electron chi connectivity index (χ1n) is 6.25. The number of unbranched alkanes of at least 4 members (excludes halogenated alkanes) is 1. The van der Waals surface area contributed by atoms with Crippen molar-refractivity contribution >= 4 is 0 Å². The van der Waals surface area contributed by atoms with Gasteiger partial charge < -0.3 is 9.80 Å². The molecule has 0 aliphatic carbocycles. The Balaban J connectivity index is 4.44. The minimum absolute atomic E-state index is 0.489. The average Bonchev–Trinajstić information content (AvgIpc) is 2.12. The van der Waals surface area contributed by atoms with E-state index in [2.05, 4.69) is 51.8 Å². The highest BCUT2D eigenvalue weighted by molar-refractivity contribution is 4.82. The Morgan fingerprint density at radius 2 is 1.33 bits per heavy atom. The lowest BCUT2D eigenvalue weighted by Gasteiger charge is -2.37. The van der Waals surface area contributed by atoms with Crippen molar-refractivity contribution in [2.45, 2.75) is 39.5 Å². The molecule has 0 aliphatic rings. The molecule has 0 radical (unpaired) electrons.